The molecule has 1 unspecified atom stereocenters. The van der Waals surface area contributed by atoms with Gasteiger partial charge in [0.05, 0.1) is 30.0 Å². The van der Waals surface area contributed by atoms with Crippen molar-refractivity contribution < 1.29 is 14.0 Å². The highest BCUT2D eigenvalue weighted by Gasteiger charge is 2.34. The van der Waals surface area contributed by atoms with E-state index in [-0.39, 0.29) is 24.4 Å². The average Bonchev–Trinajstić information content (AvgIpc) is 3.54. The molecular weight excluding hydrogens is 394 g/mol. The molecule has 2 aromatic rings. The number of benzene rings is 1. The maximum atomic E-state index is 12.5. The second-order valence-electron chi connectivity index (χ2n) is 7.73. The maximum absolute atomic E-state index is 12.5. The first-order valence-electron chi connectivity index (χ1n) is 10.9. The Kier molecular flexibility index (Phi) is 6.66. The molecule has 1 aromatic heterocycles. The Hall–Kier alpha value is -3.13. The molecule has 0 spiro atoms. The van der Waals surface area contributed by atoms with Gasteiger partial charge in [0.15, 0.2) is 5.96 Å². The highest BCUT2D eigenvalue weighted by atomic mass is 16.3. The Morgan fingerprint density at radius 2 is 1.77 bits per heavy atom. The summed E-state index contributed by atoms with van der Waals surface area (Å²) in [4.78, 5) is 33.5. The number of aliphatic imine (C=N–C) groups is 1. The molecule has 31 heavy (non-hydrogen) atoms. The first-order chi connectivity index (χ1) is 15.2. The number of carbonyl (C=O) groups excluding carboxylic acids is 2. The van der Waals surface area contributed by atoms with E-state index >= 15 is 0 Å². The average molecular weight is 424 g/mol. The number of fused-ring (bicyclic) bond motifs is 1. The van der Waals surface area contributed by atoms with Crippen molar-refractivity contribution in [3.05, 3.63) is 59.5 Å². The van der Waals surface area contributed by atoms with Gasteiger partial charge in [0.2, 0.25) is 0 Å². The summed E-state index contributed by atoms with van der Waals surface area (Å²) >= 11 is 0. The summed E-state index contributed by atoms with van der Waals surface area (Å²) in [5.74, 6) is 1.11. The van der Waals surface area contributed by atoms with Crippen molar-refractivity contribution in [2.24, 2.45) is 4.99 Å². The molecule has 1 atom stereocenters. The molecule has 3 heterocycles. The summed E-state index contributed by atoms with van der Waals surface area (Å²) in [7, 11) is 0. The van der Waals surface area contributed by atoms with E-state index in [4.69, 9.17) is 9.41 Å². The van der Waals surface area contributed by atoms with Gasteiger partial charge in [-0.15, -0.1) is 0 Å². The van der Waals surface area contributed by atoms with E-state index in [9.17, 15) is 9.59 Å². The Morgan fingerprint density at radius 3 is 2.39 bits per heavy atom. The van der Waals surface area contributed by atoms with Gasteiger partial charge in [-0.1, -0.05) is 12.1 Å². The molecule has 0 radical (unpaired) electrons. The highest BCUT2D eigenvalue weighted by molar-refractivity contribution is 6.21. The molecule has 1 saturated heterocycles. The molecule has 2 aliphatic heterocycles. The van der Waals surface area contributed by atoms with Gasteiger partial charge >= 0.3 is 0 Å². The number of hydrogen-bond acceptors (Lipinski definition) is 5. The molecule has 4 rings (SSSR count). The van der Waals surface area contributed by atoms with Crippen LogP contribution in [0.1, 0.15) is 52.3 Å². The zero-order chi connectivity index (χ0) is 21.6. The second-order valence-corrected chi connectivity index (χ2v) is 7.73. The van der Waals surface area contributed by atoms with Gasteiger partial charge < -0.3 is 15.1 Å². The van der Waals surface area contributed by atoms with Crippen LogP contribution in [0.2, 0.25) is 0 Å². The van der Waals surface area contributed by atoms with Crippen molar-refractivity contribution in [2.45, 2.75) is 25.8 Å². The molecule has 2 aliphatic rings. The van der Waals surface area contributed by atoms with E-state index in [1.165, 1.54) is 17.7 Å². The summed E-state index contributed by atoms with van der Waals surface area (Å²) in [6.07, 6.45) is 4.09. The number of furan rings is 1. The quantitative estimate of drug-likeness (QED) is 0.385. The molecule has 8 heteroatoms. The van der Waals surface area contributed by atoms with Crippen molar-refractivity contribution in [3.8, 4) is 0 Å². The van der Waals surface area contributed by atoms with Crippen LogP contribution in [0.15, 0.2) is 52.1 Å². The van der Waals surface area contributed by atoms with Gasteiger partial charge in [-0.25, -0.2) is 0 Å². The lowest BCUT2D eigenvalue weighted by Gasteiger charge is -2.24. The number of nitrogens with one attached hydrogen (secondary N) is 2. The molecule has 8 nitrogen and oxygen atoms in total. The second kappa shape index (κ2) is 9.78. The molecule has 1 aromatic carbocycles. The number of rotatable bonds is 8. The standard InChI is InChI=1S/C23H29N5O3/c1-2-24-23(26-16-19(20-10-7-15-31-20)27-12-5-6-13-27)25-11-14-28-21(29)17-8-3-4-9-18(17)22(28)30/h3-4,7-10,15,19H,2,5-6,11-14,16H2,1H3,(H2,24,25,26). The zero-order valence-corrected chi connectivity index (χ0v) is 17.8. The van der Waals surface area contributed by atoms with Crippen LogP contribution in [-0.4, -0.2) is 66.8 Å². The smallest absolute Gasteiger partial charge is 0.261 e. The SMILES string of the molecule is CCNC(=NCC(c1ccco1)N1CCCC1)NCCN1C(=O)c2ccccc2C1=O. The first-order valence-corrected chi connectivity index (χ1v) is 10.9. The van der Waals surface area contributed by atoms with E-state index in [0.717, 1.165) is 18.8 Å². The van der Waals surface area contributed by atoms with Crippen LogP contribution in [-0.2, 0) is 0 Å². The van der Waals surface area contributed by atoms with E-state index in [1.54, 1.807) is 30.5 Å². The maximum Gasteiger partial charge on any atom is 0.261 e. The lowest BCUT2D eigenvalue weighted by molar-refractivity contribution is 0.0657. The number of amides is 2. The van der Waals surface area contributed by atoms with Crippen molar-refractivity contribution in [2.75, 3.05) is 39.3 Å². The summed E-state index contributed by atoms with van der Waals surface area (Å²) in [5.41, 5.74) is 0.944. The fourth-order valence-corrected chi connectivity index (χ4v) is 4.17. The molecule has 0 aliphatic carbocycles. The third kappa shape index (κ3) is 4.64. The summed E-state index contributed by atoms with van der Waals surface area (Å²) < 4.78 is 5.67. The van der Waals surface area contributed by atoms with Gasteiger partial charge in [-0.05, 0) is 57.1 Å². The third-order valence-electron chi connectivity index (χ3n) is 5.73. The molecule has 164 valence electrons. The van der Waals surface area contributed by atoms with E-state index in [2.05, 4.69) is 15.5 Å². The van der Waals surface area contributed by atoms with Crippen LogP contribution in [0.25, 0.3) is 0 Å². The lowest BCUT2D eigenvalue weighted by atomic mass is 10.1. The Balaban J connectivity index is 1.37. The predicted octanol–water partition coefficient (Wildman–Crippen LogP) is 2.27. The van der Waals surface area contributed by atoms with Gasteiger partial charge in [-0.3, -0.25) is 24.4 Å². The minimum atomic E-state index is -0.240. The van der Waals surface area contributed by atoms with Gasteiger partial charge in [0.1, 0.15) is 5.76 Å². The van der Waals surface area contributed by atoms with Gasteiger partial charge in [-0.2, -0.15) is 0 Å². The molecule has 0 bridgehead atoms. The first kappa shape index (κ1) is 21.1. The molecule has 2 N–H and O–H groups in total. The number of hydrogen-bond donors (Lipinski definition) is 2. The lowest BCUT2D eigenvalue weighted by Crippen LogP contribution is -2.43. The van der Waals surface area contributed by atoms with E-state index < -0.39 is 0 Å². The van der Waals surface area contributed by atoms with Crippen LogP contribution < -0.4 is 10.6 Å². The van der Waals surface area contributed by atoms with Crippen LogP contribution >= 0.6 is 0 Å². The van der Waals surface area contributed by atoms with Crippen LogP contribution in [0.4, 0.5) is 0 Å². The van der Waals surface area contributed by atoms with Crippen LogP contribution in [0.5, 0.6) is 0 Å². The topological polar surface area (TPSA) is 90.2 Å². The van der Waals surface area contributed by atoms with Crippen molar-refractivity contribution in [3.63, 3.8) is 0 Å². The number of carbonyl (C=O) groups is 2. The molecule has 2 amide bonds. The Bertz CT molecular complexity index is 899. The minimum Gasteiger partial charge on any atom is -0.468 e. The Morgan fingerprint density at radius 1 is 1.06 bits per heavy atom. The predicted molar refractivity (Wildman–Crippen MR) is 118 cm³/mol. The molecule has 1 fully saturated rings. The largest absolute Gasteiger partial charge is 0.468 e. The summed E-state index contributed by atoms with van der Waals surface area (Å²) in [6, 6.07) is 11.0. The number of imide groups is 1. The molecular formula is C23H29N5O3. The third-order valence-corrected chi connectivity index (χ3v) is 5.73. The summed E-state index contributed by atoms with van der Waals surface area (Å²) in [6.45, 7) is 6.09. The number of guanidine groups is 1. The Labute approximate surface area is 182 Å². The monoisotopic (exact) mass is 423 g/mol. The fraction of sp³-hybridized carbons (Fsp3) is 0.435. The van der Waals surface area contributed by atoms with Crippen molar-refractivity contribution in [1.82, 2.24) is 20.4 Å². The molecule has 0 saturated carbocycles. The van der Waals surface area contributed by atoms with Gasteiger partial charge in [0.25, 0.3) is 11.8 Å². The van der Waals surface area contributed by atoms with E-state index in [0.29, 0.717) is 36.7 Å². The number of nitrogens with zero attached hydrogens (tertiary/aromatic N) is 3. The van der Waals surface area contributed by atoms with Crippen molar-refractivity contribution in [1.29, 1.82) is 0 Å². The zero-order valence-electron chi connectivity index (χ0n) is 17.8. The van der Waals surface area contributed by atoms with E-state index in [1.807, 2.05) is 19.1 Å². The summed E-state index contributed by atoms with van der Waals surface area (Å²) in [5, 5.41) is 6.49. The normalized spacial score (nSPS) is 17.8. The highest BCUT2D eigenvalue weighted by Crippen LogP contribution is 2.26. The van der Waals surface area contributed by atoms with Gasteiger partial charge in [0, 0.05) is 19.6 Å². The van der Waals surface area contributed by atoms with Crippen molar-refractivity contribution >= 4 is 17.8 Å². The minimum absolute atomic E-state index is 0.101. The number of likely N-dealkylation sites (tertiary alicyclic amines) is 1. The van der Waals surface area contributed by atoms with Crippen LogP contribution in [0.3, 0.4) is 0 Å². The van der Waals surface area contributed by atoms with Crippen LogP contribution in [0, 0.1) is 0 Å². The fourth-order valence-electron chi connectivity index (χ4n) is 4.17.